The normalized spacial score (nSPS) is 16.2. The third kappa shape index (κ3) is 4.54. The zero-order valence-corrected chi connectivity index (χ0v) is 16.6. The third-order valence-corrected chi connectivity index (χ3v) is 6.58. The molecule has 9 nitrogen and oxygen atoms in total. The van der Waals surface area contributed by atoms with Gasteiger partial charge in [0.05, 0.1) is 4.92 Å². The summed E-state index contributed by atoms with van der Waals surface area (Å²) in [5.41, 5.74) is -0.462. The molecule has 0 saturated carbocycles. The van der Waals surface area contributed by atoms with Crippen molar-refractivity contribution in [1.29, 1.82) is 0 Å². The molecule has 0 N–H and O–H groups in total. The summed E-state index contributed by atoms with van der Waals surface area (Å²) in [4.78, 5) is 24.3. The number of nitrogens with zero attached hydrogens (tertiary/aromatic N) is 3. The van der Waals surface area contributed by atoms with E-state index < -0.39 is 26.7 Å². The molecule has 3 rings (SSSR count). The fraction of sp³-hybridized carbons (Fsp3) is 0.316. The van der Waals surface area contributed by atoms with E-state index in [-0.39, 0.29) is 37.0 Å². The maximum Gasteiger partial charge on any atom is 0.289 e. The molecule has 1 aliphatic rings. The van der Waals surface area contributed by atoms with Gasteiger partial charge in [-0.3, -0.25) is 14.9 Å². The molecule has 1 atom stereocenters. The smallest absolute Gasteiger partial charge is 0.289 e. The van der Waals surface area contributed by atoms with Crippen molar-refractivity contribution in [2.45, 2.75) is 17.9 Å². The lowest BCUT2D eigenvalue weighted by molar-refractivity contribution is -0.387. The summed E-state index contributed by atoms with van der Waals surface area (Å²) in [6, 6.07) is 14.2. The molecule has 0 aromatic heterocycles. The number of amides is 1. The topological polar surface area (TPSA) is 110 Å². The second-order valence-corrected chi connectivity index (χ2v) is 8.43. The van der Waals surface area contributed by atoms with E-state index in [1.54, 1.807) is 36.1 Å². The summed E-state index contributed by atoms with van der Waals surface area (Å²) >= 11 is 0. The Morgan fingerprint density at radius 3 is 2.24 bits per heavy atom. The van der Waals surface area contributed by atoms with Crippen molar-refractivity contribution >= 4 is 21.6 Å². The minimum Gasteiger partial charge on any atom is -0.481 e. The number of hydrogen-bond acceptors (Lipinski definition) is 6. The van der Waals surface area contributed by atoms with Gasteiger partial charge in [0.2, 0.25) is 10.0 Å². The molecule has 1 aliphatic heterocycles. The number of nitro groups is 1. The molecule has 154 valence electrons. The van der Waals surface area contributed by atoms with Gasteiger partial charge in [0.15, 0.2) is 11.0 Å². The minimum absolute atomic E-state index is 0.0537. The van der Waals surface area contributed by atoms with Crippen molar-refractivity contribution in [2.75, 3.05) is 26.2 Å². The SMILES string of the molecule is C[C@H](Oc1ccccc1)C(=O)N1CCN(S(=O)(=O)c2ccccc2[N+](=O)[O-])CC1. The molecule has 0 radical (unpaired) electrons. The first kappa shape index (κ1) is 20.7. The minimum atomic E-state index is -4.03. The van der Waals surface area contributed by atoms with Gasteiger partial charge < -0.3 is 9.64 Å². The first-order valence-corrected chi connectivity index (χ1v) is 10.5. The van der Waals surface area contributed by atoms with Crippen molar-refractivity contribution in [1.82, 2.24) is 9.21 Å². The quantitative estimate of drug-likeness (QED) is 0.522. The number of rotatable bonds is 6. The maximum absolute atomic E-state index is 12.9. The van der Waals surface area contributed by atoms with Gasteiger partial charge in [-0.15, -0.1) is 0 Å². The Hall–Kier alpha value is -2.98. The van der Waals surface area contributed by atoms with E-state index in [4.69, 9.17) is 4.74 Å². The van der Waals surface area contributed by atoms with Crippen molar-refractivity contribution < 1.29 is 22.9 Å². The van der Waals surface area contributed by atoms with Gasteiger partial charge in [-0.1, -0.05) is 30.3 Å². The number of benzene rings is 2. The van der Waals surface area contributed by atoms with Gasteiger partial charge in [0.25, 0.3) is 11.6 Å². The van der Waals surface area contributed by atoms with Gasteiger partial charge in [0, 0.05) is 32.2 Å². The van der Waals surface area contributed by atoms with E-state index in [0.717, 1.165) is 6.07 Å². The number of hydrogen-bond donors (Lipinski definition) is 0. The molecule has 29 heavy (non-hydrogen) atoms. The Morgan fingerprint density at radius 2 is 1.62 bits per heavy atom. The molecule has 0 aliphatic carbocycles. The molecule has 1 heterocycles. The van der Waals surface area contributed by atoms with Crippen LogP contribution in [0, 0.1) is 10.1 Å². The number of carbonyl (C=O) groups excluding carboxylic acids is 1. The molecule has 1 saturated heterocycles. The number of sulfonamides is 1. The van der Waals surface area contributed by atoms with Crippen LogP contribution in [0.4, 0.5) is 5.69 Å². The van der Waals surface area contributed by atoms with Crippen LogP contribution in [-0.4, -0.2) is 60.7 Å². The largest absolute Gasteiger partial charge is 0.481 e. The van der Waals surface area contributed by atoms with Gasteiger partial charge in [-0.25, -0.2) is 8.42 Å². The standard InChI is InChI=1S/C19H21N3O6S/c1-15(28-16-7-3-2-4-8-16)19(23)20-11-13-21(14-12-20)29(26,27)18-10-6-5-9-17(18)22(24)25/h2-10,15H,11-14H2,1H3/t15-/m0/s1. The molecule has 0 spiro atoms. The lowest BCUT2D eigenvalue weighted by Crippen LogP contribution is -2.53. The van der Waals surface area contributed by atoms with Gasteiger partial charge in [0.1, 0.15) is 5.75 Å². The predicted octanol–water partition coefficient (Wildman–Crippen LogP) is 1.90. The van der Waals surface area contributed by atoms with E-state index in [1.807, 2.05) is 6.07 Å². The Morgan fingerprint density at radius 1 is 1.03 bits per heavy atom. The van der Waals surface area contributed by atoms with Crippen molar-refractivity contribution in [3.63, 3.8) is 0 Å². The van der Waals surface area contributed by atoms with Crippen LogP contribution in [0.2, 0.25) is 0 Å². The van der Waals surface area contributed by atoms with Crippen molar-refractivity contribution in [3.05, 3.63) is 64.7 Å². The zero-order valence-electron chi connectivity index (χ0n) is 15.8. The first-order valence-electron chi connectivity index (χ1n) is 9.05. The first-order chi connectivity index (χ1) is 13.8. The molecule has 2 aromatic carbocycles. The fourth-order valence-corrected chi connectivity index (χ4v) is 4.70. The van der Waals surface area contributed by atoms with E-state index in [2.05, 4.69) is 0 Å². The molecule has 1 fully saturated rings. The summed E-state index contributed by atoms with van der Waals surface area (Å²) in [5, 5.41) is 11.2. The number of piperazine rings is 1. The summed E-state index contributed by atoms with van der Waals surface area (Å²) in [6.45, 7) is 2.12. The van der Waals surface area contributed by atoms with Crippen molar-refractivity contribution in [3.8, 4) is 5.75 Å². The van der Waals surface area contributed by atoms with Gasteiger partial charge in [-0.2, -0.15) is 4.31 Å². The second kappa shape index (κ2) is 8.58. The van der Waals surface area contributed by atoms with Crippen LogP contribution in [0.3, 0.4) is 0 Å². The number of carbonyl (C=O) groups is 1. The number of para-hydroxylation sites is 2. The highest BCUT2D eigenvalue weighted by Crippen LogP contribution is 2.27. The molecule has 0 unspecified atom stereocenters. The summed E-state index contributed by atoms with van der Waals surface area (Å²) in [7, 11) is -4.03. The summed E-state index contributed by atoms with van der Waals surface area (Å²) < 4.78 is 32.5. The van der Waals surface area contributed by atoms with E-state index in [0.29, 0.717) is 5.75 Å². The van der Waals surface area contributed by atoms with Crippen LogP contribution >= 0.6 is 0 Å². The average molecular weight is 419 g/mol. The average Bonchev–Trinajstić information content (AvgIpc) is 2.74. The predicted molar refractivity (Wildman–Crippen MR) is 105 cm³/mol. The maximum atomic E-state index is 12.9. The second-order valence-electron chi connectivity index (χ2n) is 6.53. The molecule has 10 heteroatoms. The lowest BCUT2D eigenvalue weighted by Gasteiger charge is -2.35. The van der Waals surface area contributed by atoms with Crippen molar-refractivity contribution in [2.24, 2.45) is 0 Å². The van der Waals surface area contributed by atoms with Gasteiger partial charge in [-0.05, 0) is 25.1 Å². The monoisotopic (exact) mass is 419 g/mol. The molecule has 1 amide bonds. The Balaban J connectivity index is 1.65. The Bertz CT molecular complexity index is 988. The Labute approximate surface area is 168 Å². The lowest BCUT2D eigenvalue weighted by atomic mass is 10.3. The fourth-order valence-electron chi connectivity index (χ4n) is 3.12. The van der Waals surface area contributed by atoms with Crippen LogP contribution in [-0.2, 0) is 14.8 Å². The van der Waals surface area contributed by atoms with Crippen LogP contribution in [0.25, 0.3) is 0 Å². The summed E-state index contributed by atoms with van der Waals surface area (Å²) in [5.74, 6) is 0.336. The third-order valence-electron chi connectivity index (χ3n) is 4.63. The Kier molecular flexibility index (Phi) is 6.14. The van der Waals surface area contributed by atoms with E-state index in [1.165, 1.54) is 22.5 Å². The van der Waals surface area contributed by atoms with Crippen LogP contribution in [0.5, 0.6) is 5.75 Å². The molecular weight excluding hydrogens is 398 g/mol. The zero-order chi connectivity index (χ0) is 21.0. The van der Waals surface area contributed by atoms with Crippen LogP contribution in [0.1, 0.15) is 6.92 Å². The van der Waals surface area contributed by atoms with E-state index >= 15 is 0 Å². The molecule has 2 aromatic rings. The highest BCUT2D eigenvalue weighted by atomic mass is 32.2. The van der Waals surface area contributed by atoms with Gasteiger partial charge >= 0.3 is 0 Å². The molecule has 0 bridgehead atoms. The number of nitro benzene ring substituents is 1. The summed E-state index contributed by atoms with van der Waals surface area (Å²) in [6.07, 6.45) is -0.712. The van der Waals surface area contributed by atoms with Crippen LogP contribution in [0.15, 0.2) is 59.5 Å². The highest BCUT2D eigenvalue weighted by molar-refractivity contribution is 7.89. The molecular formula is C19H21N3O6S. The highest BCUT2D eigenvalue weighted by Gasteiger charge is 2.35. The van der Waals surface area contributed by atoms with Crippen LogP contribution < -0.4 is 4.74 Å². The number of ether oxygens (including phenoxy) is 1. The van der Waals surface area contributed by atoms with E-state index in [9.17, 15) is 23.3 Å².